The predicted octanol–water partition coefficient (Wildman–Crippen LogP) is 2.00. The summed E-state index contributed by atoms with van der Waals surface area (Å²) in [5.74, 6) is -3.95. The first-order chi connectivity index (χ1) is 10.9. The molecular formula is C16H17F2NO4. The van der Waals surface area contributed by atoms with Crippen LogP contribution in [0.5, 0.6) is 0 Å². The van der Waals surface area contributed by atoms with Crippen LogP contribution in [0.2, 0.25) is 0 Å². The number of carbonyl (C=O) groups excluding carboxylic acids is 3. The molecule has 0 spiro atoms. The van der Waals surface area contributed by atoms with Gasteiger partial charge in [-0.3, -0.25) is 9.59 Å². The Morgan fingerprint density at radius 1 is 1.30 bits per heavy atom. The highest BCUT2D eigenvalue weighted by molar-refractivity contribution is 5.97. The summed E-state index contributed by atoms with van der Waals surface area (Å²) in [5, 5.41) is 2.47. The van der Waals surface area contributed by atoms with E-state index in [4.69, 9.17) is 0 Å². The minimum Gasteiger partial charge on any atom is -0.467 e. The highest BCUT2D eigenvalue weighted by Gasteiger charge is 2.34. The molecule has 0 unspecified atom stereocenters. The highest BCUT2D eigenvalue weighted by atomic mass is 19.2. The van der Waals surface area contributed by atoms with E-state index in [9.17, 15) is 23.2 Å². The van der Waals surface area contributed by atoms with E-state index in [0.29, 0.717) is 19.3 Å². The molecule has 1 fully saturated rings. The fourth-order valence-corrected chi connectivity index (χ4v) is 2.70. The number of methoxy groups -OCH3 is 1. The van der Waals surface area contributed by atoms with Crippen LogP contribution in [0.25, 0.3) is 0 Å². The lowest BCUT2D eigenvalue weighted by molar-refractivity contribution is -0.145. The summed E-state index contributed by atoms with van der Waals surface area (Å²) in [5.41, 5.74) is -0.111. The van der Waals surface area contributed by atoms with Crippen molar-refractivity contribution in [2.45, 2.75) is 31.7 Å². The van der Waals surface area contributed by atoms with E-state index in [1.54, 1.807) is 0 Å². The SMILES string of the molecule is COC(=O)[C@H](NC(=O)c1ccc(F)c(F)c1)[C@H]1CCCC(=O)C1. The topological polar surface area (TPSA) is 72.5 Å². The molecule has 1 aromatic rings. The third-order valence-electron chi connectivity index (χ3n) is 3.92. The molecule has 0 heterocycles. The normalized spacial score (nSPS) is 19.1. The first-order valence-corrected chi connectivity index (χ1v) is 7.28. The number of carbonyl (C=O) groups is 3. The average molecular weight is 325 g/mol. The molecule has 23 heavy (non-hydrogen) atoms. The lowest BCUT2D eigenvalue weighted by Gasteiger charge is -2.28. The molecule has 0 saturated heterocycles. The van der Waals surface area contributed by atoms with E-state index in [0.717, 1.165) is 18.2 Å². The van der Waals surface area contributed by atoms with Crippen LogP contribution in [0.3, 0.4) is 0 Å². The number of Topliss-reactive ketones (excluding diaryl/α,β-unsaturated/α-hetero) is 1. The molecule has 5 nitrogen and oxygen atoms in total. The molecule has 1 aromatic carbocycles. The average Bonchev–Trinajstić information content (AvgIpc) is 2.54. The molecular weight excluding hydrogens is 308 g/mol. The fourth-order valence-electron chi connectivity index (χ4n) is 2.70. The first kappa shape index (κ1) is 17.1. The van der Waals surface area contributed by atoms with Gasteiger partial charge in [0.25, 0.3) is 5.91 Å². The van der Waals surface area contributed by atoms with E-state index in [-0.39, 0.29) is 23.7 Å². The molecule has 2 rings (SSSR count). The van der Waals surface area contributed by atoms with Crippen LogP contribution in [0.1, 0.15) is 36.0 Å². The molecule has 1 saturated carbocycles. The second-order valence-corrected chi connectivity index (χ2v) is 5.50. The number of ether oxygens (including phenoxy) is 1. The number of rotatable bonds is 4. The Morgan fingerprint density at radius 3 is 2.65 bits per heavy atom. The summed E-state index contributed by atoms with van der Waals surface area (Å²) >= 11 is 0. The van der Waals surface area contributed by atoms with Gasteiger partial charge in [-0.2, -0.15) is 0 Å². The van der Waals surface area contributed by atoms with Crippen molar-refractivity contribution in [2.75, 3.05) is 7.11 Å². The van der Waals surface area contributed by atoms with E-state index >= 15 is 0 Å². The third-order valence-corrected chi connectivity index (χ3v) is 3.92. The quantitative estimate of drug-likeness (QED) is 0.860. The zero-order valence-electron chi connectivity index (χ0n) is 12.6. The monoisotopic (exact) mass is 325 g/mol. The van der Waals surface area contributed by atoms with Crippen molar-refractivity contribution in [2.24, 2.45) is 5.92 Å². The Labute approximate surface area is 132 Å². The van der Waals surface area contributed by atoms with Gasteiger partial charge >= 0.3 is 5.97 Å². The molecule has 0 aromatic heterocycles. The molecule has 0 radical (unpaired) electrons. The molecule has 1 aliphatic rings. The minimum absolute atomic E-state index is 0.0252. The van der Waals surface area contributed by atoms with Gasteiger partial charge < -0.3 is 10.1 Å². The van der Waals surface area contributed by atoms with Crippen LogP contribution >= 0.6 is 0 Å². The third kappa shape index (κ3) is 4.12. The van der Waals surface area contributed by atoms with Crippen molar-refractivity contribution in [3.8, 4) is 0 Å². The number of hydrogen-bond acceptors (Lipinski definition) is 4. The summed E-state index contributed by atoms with van der Waals surface area (Å²) in [4.78, 5) is 35.7. The first-order valence-electron chi connectivity index (χ1n) is 7.28. The number of benzene rings is 1. The van der Waals surface area contributed by atoms with Crippen molar-refractivity contribution in [3.63, 3.8) is 0 Å². The number of hydrogen-bond donors (Lipinski definition) is 1. The lowest BCUT2D eigenvalue weighted by atomic mass is 9.83. The number of esters is 1. The molecule has 1 N–H and O–H groups in total. The van der Waals surface area contributed by atoms with Crippen molar-refractivity contribution >= 4 is 17.7 Å². The standard InChI is InChI=1S/C16H17F2NO4/c1-23-16(22)14(9-3-2-4-11(20)7-9)19-15(21)10-5-6-12(17)13(18)8-10/h5-6,8-9,14H,2-4,7H2,1H3,(H,19,21)/t9-,14+/m0/s1. The van der Waals surface area contributed by atoms with Crippen LogP contribution in [-0.2, 0) is 14.3 Å². The summed E-state index contributed by atoms with van der Waals surface area (Å²) in [6.45, 7) is 0. The van der Waals surface area contributed by atoms with Crippen LogP contribution in [-0.4, -0.2) is 30.8 Å². The van der Waals surface area contributed by atoms with Crippen molar-refractivity contribution in [1.82, 2.24) is 5.32 Å². The second kappa shape index (κ2) is 7.30. The zero-order valence-corrected chi connectivity index (χ0v) is 12.6. The molecule has 0 aliphatic heterocycles. The number of halogens is 2. The molecule has 124 valence electrons. The van der Waals surface area contributed by atoms with Gasteiger partial charge in [-0.05, 0) is 37.0 Å². The Balaban J connectivity index is 2.16. The van der Waals surface area contributed by atoms with Gasteiger partial charge in [-0.1, -0.05) is 0 Å². The summed E-state index contributed by atoms with van der Waals surface area (Å²) in [6.07, 6.45) is 1.88. The van der Waals surface area contributed by atoms with Gasteiger partial charge in [0.15, 0.2) is 11.6 Å². The molecule has 0 bridgehead atoms. The molecule has 2 atom stereocenters. The van der Waals surface area contributed by atoms with Gasteiger partial charge in [-0.25, -0.2) is 13.6 Å². The van der Waals surface area contributed by atoms with Gasteiger partial charge in [-0.15, -0.1) is 0 Å². The summed E-state index contributed by atoms with van der Waals surface area (Å²) < 4.78 is 30.8. The van der Waals surface area contributed by atoms with Crippen LogP contribution in [0.15, 0.2) is 18.2 Å². The fraction of sp³-hybridized carbons (Fsp3) is 0.438. The number of nitrogens with one attached hydrogen (secondary N) is 1. The maximum absolute atomic E-state index is 13.2. The van der Waals surface area contributed by atoms with Crippen molar-refractivity contribution < 1.29 is 27.9 Å². The van der Waals surface area contributed by atoms with Gasteiger partial charge in [0.1, 0.15) is 11.8 Å². The van der Waals surface area contributed by atoms with E-state index in [2.05, 4.69) is 10.1 Å². The van der Waals surface area contributed by atoms with Crippen LogP contribution in [0.4, 0.5) is 8.78 Å². The summed E-state index contributed by atoms with van der Waals surface area (Å²) in [7, 11) is 1.18. The predicted molar refractivity (Wildman–Crippen MR) is 76.6 cm³/mol. The van der Waals surface area contributed by atoms with Crippen LogP contribution in [0, 0.1) is 17.6 Å². The Kier molecular flexibility index (Phi) is 5.41. The maximum Gasteiger partial charge on any atom is 0.328 e. The van der Waals surface area contributed by atoms with Crippen molar-refractivity contribution in [1.29, 1.82) is 0 Å². The Hall–Kier alpha value is -2.31. The number of ketones is 1. The van der Waals surface area contributed by atoms with Gasteiger partial charge in [0.05, 0.1) is 7.11 Å². The maximum atomic E-state index is 13.2. The van der Waals surface area contributed by atoms with Crippen molar-refractivity contribution in [3.05, 3.63) is 35.4 Å². The molecule has 1 aliphatic carbocycles. The smallest absolute Gasteiger partial charge is 0.328 e. The highest BCUT2D eigenvalue weighted by Crippen LogP contribution is 2.25. The molecule has 1 amide bonds. The van der Waals surface area contributed by atoms with E-state index in [1.807, 2.05) is 0 Å². The Morgan fingerprint density at radius 2 is 2.04 bits per heavy atom. The van der Waals surface area contributed by atoms with E-state index in [1.165, 1.54) is 7.11 Å². The summed E-state index contributed by atoms with van der Waals surface area (Å²) in [6, 6.07) is 1.71. The lowest BCUT2D eigenvalue weighted by Crippen LogP contribution is -2.48. The second-order valence-electron chi connectivity index (χ2n) is 5.50. The zero-order chi connectivity index (χ0) is 17.0. The van der Waals surface area contributed by atoms with E-state index < -0.39 is 29.6 Å². The Bertz CT molecular complexity index is 633. The molecule has 7 heteroatoms. The van der Waals surface area contributed by atoms with Gasteiger partial charge in [0, 0.05) is 18.4 Å². The minimum atomic E-state index is -1.15. The van der Waals surface area contributed by atoms with Gasteiger partial charge in [0.2, 0.25) is 0 Å². The largest absolute Gasteiger partial charge is 0.467 e. The van der Waals surface area contributed by atoms with Crippen LogP contribution < -0.4 is 5.32 Å². The number of amides is 1.